The number of sulfone groups is 1. The van der Waals surface area contributed by atoms with E-state index in [0.717, 1.165) is 10.6 Å². The minimum atomic E-state index is -3.73. The SMILES string of the molecule is Cc1n[nH]c2nc(S(C)(=O)=O)nc(Nc3ccccc3S(=O)(=O)N(C)C)c12. The number of benzene rings is 1. The van der Waals surface area contributed by atoms with E-state index in [1.54, 1.807) is 25.1 Å². The Balaban J connectivity index is 2.23. The maximum atomic E-state index is 12.6. The standard InChI is InChI=1S/C15H18N6O4S2/c1-9-12-13(17-15(26(4,22)23)18-14(12)20-19-9)16-10-7-5-6-8-11(10)27(24,25)21(2)3/h5-8H,1-4H3,(H2,16,17,18,19,20). The number of aromatic amines is 1. The zero-order valence-corrected chi connectivity index (χ0v) is 16.7. The summed E-state index contributed by atoms with van der Waals surface area (Å²) >= 11 is 0. The lowest BCUT2D eigenvalue weighted by molar-refractivity contribution is 0.521. The zero-order valence-electron chi connectivity index (χ0n) is 15.0. The summed E-state index contributed by atoms with van der Waals surface area (Å²) in [6.07, 6.45) is 0.992. The van der Waals surface area contributed by atoms with Crippen LogP contribution in [0.4, 0.5) is 11.5 Å². The Labute approximate surface area is 156 Å². The number of hydrogen-bond acceptors (Lipinski definition) is 8. The van der Waals surface area contributed by atoms with Gasteiger partial charge in [0.15, 0.2) is 5.65 Å². The van der Waals surface area contributed by atoms with Gasteiger partial charge < -0.3 is 5.32 Å². The number of nitrogens with zero attached hydrogens (tertiary/aromatic N) is 4. The Hall–Kier alpha value is -2.57. The van der Waals surface area contributed by atoms with E-state index in [2.05, 4.69) is 25.5 Å². The second-order valence-electron chi connectivity index (χ2n) is 6.07. The molecule has 27 heavy (non-hydrogen) atoms. The van der Waals surface area contributed by atoms with Gasteiger partial charge in [0.05, 0.1) is 16.8 Å². The molecule has 0 aliphatic heterocycles. The quantitative estimate of drug-likeness (QED) is 0.596. The third kappa shape index (κ3) is 3.50. The van der Waals surface area contributed by atoms with Crippen LogP contribution in [-0.4, -0.2) is 61.7 Å². The fourth-order valence-electron chi connectivity index (χ4n) is 2.43. The Morgan fingerprint density at radius 3 is 2.37 bits per heavy atom. The number of H-pyrrole nitrogens is 1. The van der Waals surface area contributed by atoms with Crippen LogP contribution in [0.25, 0.3) is 11.0 Å². The van der Waals surface area contributed by atoms with Crippen LogP contribution in [0.5, 0.6) is 0 Å². The highest BCUT2D eigenvalue weighted by Gasteiger charge is 2.23. The minimum Gasteiger partial charge on any atom is -0.338 e. The lowest BCUT2D eigenvalue weighted by Crippen LogP contribution is -2.23. The second-order valence-corrected chi connectivity index (χ2v) is 10.1. The molecule has 0 saturated carbocycles. The van der Waals surface area contributed by atoms with Gasteiger partial charge in [-0.25, -0.2) is 21.1 Å². The Bertz CT molecular complexity index is 1230. The molecule has 1 aromatic carbocycles. The van der Waals surface area contributed by atoms with Gasteiger partial charge in [-0.1, -0.05) is 12.1 Å². The largest absolute Gasteiger partial charge is 0.338 e. The van der Waals surface area contributed by atoms with E-state index < -0.39 is 25.0 Å². The van der Waals surface area contributed by atoms with Crippen molar-refractivity contribution in [1.29, 1.82) is 0 Å². The van der Waals surface area contributed by atoms with Gasteiger partial charge in [0.1, 0.15) is 10.7 Å². The number of sulfonamides is 1. The molecule has 0 aliphatic rings. The number of anilines is 2. The smallest absolute Gasteiger partial charge is 0.250 e. The molecule has 0 unspecified atom stereocenters. The summed E-state index contributed by atoms with van der Waals surface area (Å²) in [5.74, 6) is 0.146. The number of nitrogens with one attached hydrogen (secondary N) is 2. The van der Waals surface area contributed by atoms with Crippen molar-refractivity contribution in [2.24, 2.45) is 0 Å². The molecule has 2 aromatic heterocycles. The summed E-state index contributed by atoms with van der Waals surface area (Å²) in [7, 11) is -4.56. The average molecular weight is 410 g/mol. The van der Waals surface area contributed by atoms with E-state index in [9.17, 15) is 16.8 Å². The predicted octanol–water partition coefficient (Wildman–Crippen LogP) is 1.06. The van der Waals surface area contributed by atoms with Crippen molar-refractivity contribution in [3.63, 3.8) is 0 Å². The van der Waals surface area contributed by atoms with Crippen molar-refractivity contribution in [2.75, 3.05) is 25.7 Å². The van der Waals surface area contributed by atoms with E-state index in [-0.39, 0.29) is 22.0 Å². The molecule has 0 amide bonds. The lowest BCUT2D eigenvalue weighted by atomic mass is 10.2. The average Bonchev–Trinajstić information content (AvgIpc) is 2.96. The maximum Gasteiger partial charge on any atom is 0.250 e. The molecule has 3 rings (SSSR count). The number of aryl methyl sites for hydroxylation is 1. The third-order valence-corrected chi connectivity index (χ3v) is 6.53. The summed E-state index contributed by atoms with van der Waals surface area (Å²) in [6.45, 7) is 1.70. The van der Waals surface area contributed by atoms with Gasteiger partial charge in [-0.15, -0.1) is 0 Å². The lowest BCUT2D eigenvalue weighted by Gasteiger charge is -2.16. The van der Waals surface area contributed by atoms with Crippen LogP contribution in [0.2, 0.25) is 0 Å². The van der Waals surface area contributed by atoms with Crippen LogP contribution < -0.4 is 5.32 Å². The molecule has 0 saturated heterocycles. The number of rotatable bonds is 5. The van der Waals surface area contributed by atoms with Crippen molar-refractivity contribution in [2.45, 2.75) is 17.0 Å². The highest BCUT2D eigenvalue weighted by Crippen LogP contribution is 2.30. The summed E-state index contributed by atoms with van der Waals surface area (Å²) in [5, 5.41) is 9.70. The molecular formula is C15H18N6O4S2. The molecule has 0 radical (unpaired) electrons. The highest BCUT2D eigenvalue weighted by molar-refractivity contribution is 7.90. The Morgan fingerprint density at radius 2 is 1.74 bits per heavy atom. The van der Waals surface area contributed by atoms with Crippen LogP contribution in [-0.2, 0) is 19.9 Å². The second kappa shape index (κ2) is 6.55. The molecule has 0 spiro atoms. The van der Waals surface area contributed by atoms with Crippen molar-refractivity contribution >= 4 is 42.4 Å². The molecule has 0 fully saturated rings. The minimum absolute atomic E-state index is 0.0313. The van der Waals surface area contributed by atoms with Gasteiger partial charge in [-0.3, -0.25) is 5.10 Å². The molecule has 2 N–H and O–H groups in total. The highest BCUT2D eigenvalue weighted by atomic mass is 32.2. The first-order chi connectivity index (χ1) is 12.5. The van der Waals surface area contributed by atoms with Crippen LogP contribution in [0.1, 0.15) is 5.69 Å². The van der Waals surface area contributed by atoms with Gasteiger partial charge in [0.2, 0.25) is 19.9 Å². The van der Waals surface area contributed by atoms with Crippen LogP contribution in [0.3, 0.4) is 0 Å². The molecule has 10 nitrogen and oxygen atoms in total. The van der Waals surface area contributed by atoms with Gasteiger partial charge in [0, 0.05) is 20.4 Å². The maximum absolute atomic E-state index is 12.6. The normalized spacial score (nSPS) is 12.6. The van der Waals surface area contributed by atoms with Gasteiger partial charge in [-0.2, -0.15) is 15.1 Å². The molecule has 12 heteroatoms. The van der Waals surface area contributed by atoms with Crippen LogP contribution in [0.15, 0.2) is 34.3 Å². The molecule has 2 heterocycles. The predicted molar refractivity (Wildman–Crippen MR) is 100 cm³/mol. The van der Waals surface area contributed by atoms with E-state index >= 15 is 0 Å². The summed E-state index contributed by atoms with van der Waals surface area (Å²) in [5.41, 5.74) is 1.03. The molecule has 144 valence electrons. The number of fused-ring (bicyclic) bond motifs is 1. The molecule has 3 aromatic rings. The number of aromatic nitrogens is 4. The summed E-state index contributed by atoms with van der Waals surface area (Å²) in [6, 6.07) is 6.28. The van der Waals surface area contributed by atoms with Crippen LogP contribution >= 0.6 is 0 Å². The molecule has 0 bridgehead atoms. The molecule has 0 atom stereocenters. The van der Waals surface area contributed by atoms with E-state index in [0.29, 0.717) is 11.1 Å². The summed E-state index contributed by atoms with van der Waals surface area (Å²) < 4.78 is 50.1. The Kier molecular flexibility index (Phi) is 4.66. The van der Waals surface area contributed by atoms with Gasteiger partial charge in [-0.05, 0) is 19.1 Å². The van der Waals surface area contributed by atoms with Crippen molar-refractivity contribution in [3.05, 3.63) is 30.0 Å². The van der Waals surface area contributed by atoms with Gasteiger partial charge >= 0.3 is 0 Å². The monoisotopic (exact) mass is 410 g/mol. The van der Waals surface area contributed by atoms with Crippen molar-refractivity contribution in [1.82, 2.24) is 24.5 Å². The van der Waals surface area contributed by atoms with Crippen LogP contribution in [0, 0.1) is 6.92 Å². The number of hydrogen-bond donors (Lipinski definition) is 2. The first kappa shape index (κ1) is 19.2. The van der Waals surface area contributed by atoms with Crippen molar-refractivity contribution in [3.8, 4) is 0 Å². The molecule has 0 aliphatic carbocycles. The first-order valence-electron chi connectivity index (χ1n) is 7.73. The first-order valence-corrected chi connectivity index (χ1v) is 11.1. The molecular weight excluding hydrogens is 392 g/mol. The van der Waals surface area contributed by atoms with E-state index in [1.807, 2.05) is 0 Å². The number of para-hydroxylation sites is 1. The van der Waals surface area contributed by atoms with Gasteiger partial charge in [0.25, 0.3) is 5.16 Å². The summed E-state index contributed by atoms with van der Waals surface area (Å²) in [4.78, 5) is 8.11. The topological polar surface area (TPSA) is 138 Å². The fraction of sp³-hybridized carbons (Fsp3) is 0.267. The van der Waals surface area contributed by atoms with E-state index in [4.69, 9.17) is 0 Å². The third-order valence-electron chi connectivity index (χ3n) is 3.81. The zero-order chi connectivity index (χ0) is 20.0. The van der Waals surface area contributed by atoms with Crippen molar-refractivity contribution < 1.29 is 16.8 Å². The fourth-order valence-corrected chi connectivity index (χ4v) is 3.99. The van der Waals surface area contributed by atoms with E-state index in [1.165, 1.54) is 20.2 Å². The Morgan fingerprint density at radius 1 is 1.07 bits per heavy atom.